The van der Waals surface area contributed by atoms with Crippen LogP contribution in [-0.4, -0.2) is 91.8 Å². The molecule has 2 aliphatic heterocycles. The van der Waals surface area contributed by atoms with Gasteiger partial charge in [0.1, 0.15) is 5.60 Å². The van der Waals surface area contributed by atoms with Crippen molar-refractivity contribution in [1.82, 2.24) is 20.0 Å². The number of nitrogens with zero attached hydrogens (tertiary/aromatic N) is 3. The van der Waals surface area contributed by atoms with Crippen LogP contribution in [0.25, 0.3) is 0 Å². The van der Waals surface area contributed by atoms with Gasteiger partial charge in [-0.05, 0) is 40.3 Å². The maximum Gasteiger partial charge on any atom is 0.410 e. The number of piperazine rings is 2. The molecule has 0 aromatic rings. The second-order valence-corrected chi connectivity index (χ2v) is 7.25. The van der Waals surface area contributed by atoms with Crippen molar-refractivity contribution in [2.45, 2.75) is 32.8 Å². The first-order valence-electron chi connectivity index (χ1n) is 8.57. The second-order valence-electron chi connectivity index (χ2n) is 7.25. The van der Waals surface area contributed by atoms with Gasteiger partial charge in [-0.3, -0.25) is 4.90 Å². The second kappa shape index (κ2) is 8.13. The third-order valence-corrected chi connectivity index (χ3v) is 4.18. The van der Waals surface area contributed by atoms with E-state index in [4.69, 9.17) is 4.74 Å². The van der Waals surface area contributed by atoms with E-state index in [1.165, 1.54) is 26.1 Å². The summed E-state index contributed by atoms with van der Waals surface area (Å²) >= 11 is 0. The monoisotopic (exact) mass is 312 g/mol. The molecular weight excluding hydrogens is 280 g/mol. The van der Waals surface area contributed by atoms with E-state index in [9.17, 15) is 4.79 Å². The summed E-state index contributed by atoms with van der Waals surface area (Å²) in [5.74, 6) is 0. The molecule has 0 aliphatic carbocycles. The van der Waals surface area contributed by atoms with Gasteiger partial charge in [0.05, 0.1) is 0 Å². The normalized spacial score (nSPS) is 21.9. The zero-order valence-corrected chi connectivity index (χ0v) is 14.4. The molecule has 0 bridgehead atoms. The zero-order chi connectivity index (χ0) is 16.0. The lowest BCUT2D eigenvalue weighted by molar-refractivity contribution is 0.0142. The van der Waals surface area contributed by atoms with Crippen LogP contribution in [0, 0.1) is 0 Å². The Morgan fingerprint density at radius 1 is 0.955 bits per heavy atom. The first-order valence-corrected chi connectivity index (χ1v) is 8.57. The van der Waals surface area contributed by atoms with Gasteiger partial charge < -0.3 is 19.9 Å². The predicted molar refractivity (Wildman–Crippen MR) is 88.2 cm³/mol. The topological polar surface area (TPSA) is 48.1 Å². The van der Waals surface area contributed by atoms with Crippen molar-refractivity contribution in [3.8, 4) is 0 Å². The average molecular weight is 312 g/mol. The molecule has 1 N–H and O–H groups in total. The molecule has 6 heteroatoms. The third-order valence-electron chi connectivity index (χ3n) is 4.18. The summed E-state index contributed by atoms with van der Waals surface area (Å²) in [6, 6.07) is 0. The van der Waals surface area contributed by atoms with Crippen LogP contribution in [0.2, 0.25) is 0 Å². The van der Waals surface area contributed by atoms with E-state index >= 15 is 0 Å². The number of carbonyl (C=O) groups is 1. The van der Waals surface area contributed by atoms with E-state index < -0.39 is 5.60 Å². The van der Waals surface area contributed by atoms with Crippen LogP contribution in [-0.2, 0) is 4.74 Å². The van der Waals surface area contributed by atoms with Gasteiger partial charge in [-0.25, -0.2) is 4.79 Å². The van der Waals surface area contributed by atoms with Gasteiger partial charge in [-0.2, -0.15) is 0 Å². The van der Waals surface area contributed by atoms with Gasteiger partial charge in [-0.15, -0.1) is 0 Å². The lowest BCUT2D eigenvalue weighted by atomic mass is 10.2. The third kappa shape index (κ3) is 6.10. The minimum atomic E-state index is -0.405. The fourth-order valence-corrected chi connectivity index (χ4v) is 2.93. The van der Waals surface area contributed by atoms with Crippen molar-refractivity contribution in [1.29, 1.82) is 0 Å². The molecular formula is C16H32N4O2. The van der Waals surface area contributed by atoms with Crippen LogP contribution >= 0.6 is 0 Å². The Hall–Kier alpha value is -0.850. The maximum absolute atomic E-state index is 12.0. The Balaban J connectivity index is 1.59. The smallest absolute Gasteiger partial charge is 0.410 e. The van der Waals surface area contributed by atoms with Crippen molar-refractivity contribution >= 4 is 6.09 Å². The molecule has 6 nitrogen and oxygen atoms in total. The highest BCUT2D eigenvalue weighted by atomic mass is 16.6. The van der Waals surface area contributed by atoms with Gasteiger partial charge in [0.25, 0.3) is 0 Å². The highest BCUT2D eigenvalue weighted by Gasteiger charge is 2.25. The molecule has 2 saturated heterocycles. The minimum Gasteiger partial charge on any atom is -0.444 e. The molecule has 1 amide bonds. The molecule has 2 heterocycles. The molecule has 0 unspecified atom stereocenters. The Morgan fingerprint density at radius 2 is 1.50 bits per heavy atom. The number of carbonyl (C=O) groups excluding carboxylic acids is 1. The van der Waals surface area contributed by atoms with Crippen LogP contribution in [0.15, 0.2) is 0 Å². The number of hydrogen-bond acceptors (Lipinski definition) is 5. The van der Waals surface area contributed by atoms with Crippen LogP contribution in [0.4, 0.5) is 4.79 Å². The van der Waals surface area contributed by atoms with Crippen LogP contribution in [0.3, 0.4) is 0 Å². The maximum atomic E-state index is 12.0. The SMILES string of the molecule is CC(C)(C)OC(=O)N1CCN(CCCN2CCNCC2)CC1. The summed E-state index contributed by atoms with van der Waals surface area (Å²) in [7, 11) is 0. The van der Waals surface area contributed by atoms with Crippen LogP contribution in [0.1, 0.15) is 27.2 Å². The standard InChI is InChI=1S/C16H32N4O2/c1-16(2,3)22-15(21)20-13-11-19(12-14-20)8-4-7-18-9-5-17-6-10-18/h17H,4-14H2,1-3H3. The summed E-state index contributed by atoms with van der Waals surface area (Å²) in [6.45, 7) is 16.1. The quantitative estimate of drug-likeness (QED) is 0.833. The number of nitrogens with one attached hydrogen (secondary N) is 1. The van der Waals surface area contributed by atoms with E-state index in [1.807, 2.05) is 25.7 Å². The zero-order valence-electron chi connectivity index (χ0n) is 14.4. The summed E-state index contributed by atoms with van der Waals surface area (Å²) in [4.78, 5) is 18.8. The van der Waals surface area contributed by atoms with Crippen molar-refractivity contribution in [2.75, 3.05) is 65.4 Å². The molecule has 2 rings (SSSR count). The van der Waals surface area contributed by atoms with Crippen molar-refractivity contribution in [2.24, 2.45) is 0 Å². The van der Waals surface area contributed by atoms with Gasteiger partial charge in [0.15, 0.2) is 0 Å². The molecule has 2 fully saturated rings. The molecule has 0 radical (unpaired) electrons. The average Bonchev–Trinajstić information content (AvgIpc) is 2.47. The molecule has 0 saturated carbocycles. The van der Waals surface area contributed by atoms with Crippen molar-refractivity contribution < 1.29 is 9.53 Å². The minimum absolute atomic E-state index is 0.173. The molecule has 2 aliphatic rings. The Bertz CT molecular complexity index is 343. The van der Waals surface area contributed by atoms with E-state index in [0.717, 1.165) is 45.8 Å². The number of rotatable bonds is 4. The van der Waals surface area contributed by atoms with Gasteiger partial charge in [0.2, 0.25) is 0 Å². The van der Waals surface area contributed by atoms with Gasteiger partial charge in [0, 0.05) is 52.4 Å². The van der Waals surface area contributed by atoms with E-state index in [0.29, 0.717) is 0 Å². The molecule has 22 heavy (non-hydrogen) atoms. The first kappa shape index (κ1) is 17.5. The Labute approximate surface area is 134 Å². The highest BCUT2D eigenvalue weighted by molar-refractivity contribution is 5.68. The van der Waals surface area contributed by atoms with Crippen molar-refractivity contribution in [3.05, 3.63) is 0 Å². The Kier molecular flexibility index (Phi) is 6.47. The number of amides is 1. The number of hydrogen-bond donors (Lipinski definition) is 1. The van der Waals surface area contributed by atoms with E-state index in [2.05, 4.69) is 15.1 Å². The molecule has 128 valence electrons. The molecule has 0 aromatic heterocycles. The summed E-state index contributed by atoms with van der Waals surface area (Å²) in [5, 5.41) is 3.38. The first-order chi connectivity index (χ1) is 10.4. The number of ether oxygens (including phenoxy) is 1. The summed E-state index contributed by atoms with van der Waals surface area (Å²) in [6.07, 6.45) is 1.04. The van der Waals surface area contributed by atoms with Gasteiger partial charge >= 0.3 is 6.09 Å². The molecule has 0 atom stereocenters. The van der Waals surface area contributed by atoms with E-state index in [1.54, 1.807) is 0 Å². The van der Waals surface area contributed by atoms with Gasteiger partial charge in [-0.1, -0.05) is 0 Å². The lowest BCUT2D eigenvalue weighted by Crippen LogP contribution is -2.50. The summed E-state index contributed by atoms with van der Waals surface area (Å²) in [5.41, 5.74) is -0.405. The molecule has 0 spiro atoms. The van der Waals surface area contributed by atoms with Crippen LogP contribution in [0.5, 0.6) is 0 Å². The summed E-state index contributed by atoms with van der Waals surface area (Å²) < 4.78 is 5.43. The Morgan fingerprint density at radius 3 is 2.05 bits per heavy atom. The predicted octanol–water partition coefficient (Wildman–Crippen LogP) is 0.834. The van der Waals surface area contributed by atoms with Crippen molar-refractivity contribution in [3.63, 3.8) is 0 Å². The fourth-order valence-electron chi connectivity index (χ4n) is 2.93. The lowest BCUT2D eigenvalue weighted by Gasteiger charge is -2.36. The highest BCUT2D eigenvalue weighted by Crippen LogP contribution is 2.12. The van der Waals surface area contributed by atoms with E-state index in [-0.39, 0.29) is 6.09 Å². The van der Waals surface area contributed by atoms with Crippen LogP contribution < -0.4 is 5.32 Å². The largest absolute Gasteiger partial charge is 0.444 e. The fraction of sp³-hybridized carbons (Fsp3) is 0.938. The molecule has 0 aromatic carbocycles.